The van der Waals surface area contributed by atoms with Crippen LogP contribution in [0.25, 0.3) is 0 Å². The summed E-state index contributed by atoms with van der Waals surface area (Å²) in [5.41, 5.74) is 8.52. The van der Waals surface area contributed by atoms with E-state index in [1.165, 1.54) is 28.9 Å². The van der Waals surface area contributed by atoms with Crippen molar-refractivity contribution in [1.82, 2.24) is 0 Å². The minimum absolute atomic E-state index is 0.456. The van der Waals surface area contributed by atoms with Crippen LogP contribution in [0, 0.1) is 13.8 Å². The molecule has 1 aromatic carbocycles. The maximum atomic E-state index is 5.78. The molecule has 0 amide bonds. The fraction of sp³-hybridized carbons (Fsp3) is 0.500. The number of benzene rings is 1. The summed E-state index contributed by atoms with van der Waals surface area (Å²) in [7, 11) is 0. The maximum Gasteiger partial charge on any atom is 0.0124 e. The van der Waals surface area contributed by atoms with E-state index < -0.39 is 0 Å². The van der Waals surface area contributed by atoms with Crippen molar-refractivity contribution >= 4 is 11.8 Å². The molecule has 0 unspecified atom stereocenters. The van der Waals surface area contributed by atoms with Crippen LogP contribution < -0.4 is 5.73 Å². The molecule has 2 heteroatoms. The summed E-state index contributed by atoms with van der Waals surface area (Å²) in [4.78, 5) is 1.43. The van der Waals surface area contributed by atoms with Gasteiger partial charge in [-0.3, -0.25) is 0 Å². The molecule has 0 spiro atoms. The van der Waals surface area contributed by atoms with Crippen LogP contribution >= 0.6 is 11.8 Å². The molecule has 0 heterocycles. The Balaban J connectivity index is 2.05. The Hall–Kier alpha value is -0.470. The first-order valence-corrected chi connectivity index (χ1v) is 6.02. The van der Waals surface area contributed by atoms with E-state index in [1.807, 2.05) is 11.8 Å². The van der Waals surface area contributed by atoms with Crippen molar-refractivity contribution in [2.45, 2.75) is 42.9 Å². The van der Waals surface area contributed by atoms with Crippen LogP contribution in [0.15, 0.2) is 23.1 Å². The van der Waals surface area contributed by atoms with Gasteiger partial charge in [0.2, 0.25) is 0 Å². The topological polar surface area (TPSA) is 26.0 Å². The van der Waals surface area contributed by atoms with E-state index in [1.54, 1.807) is 0 Å². The van der Waals surface area contributed by atoms with Gasteiger partial charge in [0.25, 0.3) is 0 Å². The first-order chi connectivity index (χ1) is 6.65. The molecule has 1 fully saturated rings. The summed E-state index contributed by atoms with van der Waals surface area (Å²) in [6, 6.07) is 7.11. The summed E-state index contributed by atoms with van der Waals surface area (Å²) in [5, 5.41) is 0.755. The number of thioether (sulfide) groups is 1. The van der Waals surface area contributed by atoms with Crippen molar-refractivity contribution in [3.05, 3.63) is 29.3 Å². The molecule has 0 saturated heterocycles. The van der Waals surface area contributed by atoms with E-state index in [9.17, 15) is 0 Å². The van der Waals surface area contributed by atoms with Crippen LogP contribution in [-0.2, 0) is 0 Å². The third-order valence-electron chi connectivity index (χ3n) is 2.77. The second-order valence-electron chi connectivity index (χ2n) is 4.24. The van der Waals surface area contributed by atoms with Gasteiger partial charge in [0.15, 0.2) is 0 Å². The van der Waals surface area contributed by atoms with Gasteiger partial charge in [-0.2, -0.15) is 0 Å². The predicted molar refractivity (Wildman–Crippen MR) is 62.8 cm³/mol. The lowest BCUT2D eigenvalue weighted by Crippen LogP contribution is -2.38. The SMILES string of the molecule is Cc1ccc(C)c(SC2CC(N)C2)c1. The Morgan fingerprint density at radius 1 is 1.29 bits per heavy atom. The van der Waals surface area contributed by atoms with Crippen LogP contribution in [0.4, 0.5) is 0 Å². The number of nitrogens with two attached hydrogens (primary N) is 1. The number of aryl methyl sites for hydroxylation is 2. The standard InChI is InChI=1S/C12H17NS/c1-8-3-4-9(2)12(5-8)14-11-6-10(13)7-11/h3-5,10-11H,6-7,13H2,1-2H3. The highest BCUT2D eigenvalue weighted by molar-refractivity contribution is 8.00. The van der Waals surface area contributed by atoms with Gasteiger partial charge in [-0.1, -0.05) is 17.7 Å². The Bertz CT molecular complexity index is 329. The van der Waals surface area contributed by atoms with Crippen LogP contribution in [-0.4, -0.2) is 11.3 Å². The molecule has 76 valence electrons. The molecular formula is C12H17NS. The highest BCUT2D eigenvalue weighted by atomic mass is 32.2. The first-order valence-electron chi connectivity index (χ1n) is 5.14. The molecule has 1 nitrogen and oxygen atoms in total. The summed E-state index contributed by atoms with van der Waals surface area (Å²) < 4.78 is 0. The third kappa shape index (κ3) is 2.12. The highest BCUT2D eigenvalue weighted by Crippen LogP contribution is 2.37. The molecule has 0 aliphatic heterocycles. The molecular weight excluding hydrogens is 190 g/mol. The quantitative estimate of drug-likeness (QED) is 0.807. The molecule has 1 saturated carbocycles. The van der Waals surface area contributed by atoms with Gasteiger partial charge >= 0.3 is 0 Å². The zero-order valence-electron chi connectivity index (χ0n) is 8.79. The Labute approximate surface area is 90.1 Å². The maximum absolute atomic E-state index is 5.78. The molecule has 0 atom stereocenters. The zero-order valence-corrected chi connectivity index (χ0v) is 9.60. The van der Waals surface area contributed by atoms with Gasteiger partial charge < -0.3 is 5.73 Å². The van der Waals surface area contributed by atoms with Gasteiger partial charge in [0.05, 0.1) is 0 Å². The fourth-order valence-corrected chi connectivity index (χ4v) is 3.27. The number of rotatable bonds is 2. The van der Waals surface area contributed by atoms with Gasteiger partial charge in [-0.15, -0.1) is 11.8 Å². The van der Waals surface area contributed by atoms with E-state index in [0.29, 0.717) is 6.04 Å². The lowest BCUT2D eigenvalue weighted by Gasteiger charge is -2.32. The smallest absolute Gasteiger partial charge is 0.0124 e. The lowest BCUT2D eigenvalue weighted by atomic mass is 9.93. The molecule has 2 N–H and O–H groups in total. The second-order valence-corrected chi connectivity index (χ2v) is 5.58. The van der Waals surface area contributed by atoms with Gasteiger partial charge in [0, 0.05) is 16.2 Å². The summed E-state index contributed by atoms with van der Waals surface area (Å²) >= 11 is 1.99. The zero-order chi connectivity index (χ0) is 10.1. The molecule has 14 heavy (non-hydrogen) atoms. The number of hydrogen-bond acceptors (Lipinski definition) is 2. The van der Waals surface area contributed by atoms with Gasteiger partial charge in [0.1, 0.15) is 0 Å². The normalized spacial score (nSPS) is 25.9. The van der Waals surface area contributed by atoms with E-state index in [2.05, 4.69) is 32.0 Å². The minimum atomic E-state index is 0.456. The highest BCUT2D eigenvalue weighted by Gasteiger charge is 2.26. The van der Waals surface area contributed by atoms with Crippen molar-refractivity contribution < 1.29 is 0 Å². The Morgan fingerprint density at radius 3 is 2.64 bits per heavy atom. The monoisotopic (exact) mass is 207 g/mol. The summed E-state index contributed by atoms with van der Waals surface area (Å²) in [6.07, 6.45) is 2.36. The van der Waals surface area contributed by atoms with Crippen molar-refractivity contribution in [2.24, 2.45) is 5.73 Å². The first kappa shape index (κ1) is 10.1. The molecule has 2 rings (SSSR count). The molecule has 0 aromatic heterocycles. The van der Waals surface area contributed by atoms with Crippen molar-refractivity contribution in [2.75, 3.05) is 0 Å². The minimum Gasteiger partial charge on any atom is -0.328 e. The van der Waals surface area contributed by atoms with Crippen molar-refractivity contribution in [1.29, 1.82) is 0 Å². The molecule has 1 aliphatic rings. The van der Waals surface area contributed by atoms with Crippen LogP contribution in [0.5, 0.6) is 0 Å². The molecule has 1 aliphatic carbocycles. The molecule has 0 bridgehead atoms. The fourth-order valence-electron chi connectivity index (χ4n) is 1.72. The van der Waals surface area contributed by atoms with E-state index in [4.69, 9.17) is 5.73 Å². The largest absolute Gasteiger partial charge is 0.328 e. The van der Waals surface area contributed by atoms with Gasteiger partial charge in [-0.25, -0.2) is 0 Å². The molecule has 0 radical (unpaired) electrons. The van der Waals surface area contributed by atoms with Crippen LogP contribution in [0.3, 0.4) is 0 Å². The molecule has 1 aromatic rings. The van der Waals surface area contributed by atoms with E-state index in [-0.39, 0.29) is 0 Å². The number of hydrogen-bond donors (Lipinski definition) is 1. The van der Waals surface area contributed by atoms with Crippen LogP contribution in [0.1, 0.15) is 24.0 Å². The van der Waals surface area contributed by atoms with E-state index in [0.717, 1.165) is 5.25 Å². The Kier molecular flexibility index (Phi) is 2.84. The van der Waals surface area contributed by atoms with Gasteiger partial charge in [-0.05, 0) is 38.3 Å². The van der Waals surface area contributed by atoms with E-state index >= 15 is 0 Å². The Morgan fingerprint density at radius 2 is 2.00 bits per heavy atom. The summed E-state index contributed by atoms with van der Waals surface area (Å²) in [6.45, 7) is 4.33. The second kappa shape index (κ2) is 3.95. The summed E-state index contributed by atoms with van der Waals surface area (Å²) in [5.74, 6) is 0. The lowest BCUT2D eigenvalue weighted by molar-refractivity contribution is 0.432. The average molecular weight is 207 g/mol. The average Bonchev–Trinajstić information content (AvgIpc) is 2.09. The predicted octanol–water partition coefficient (Wildman–Crippen LogP) is 2.89. The van der Waals surface area contributed by atoms with Crippen molar-refractivity contribution in [3.8, 4) is 0 Å². The van der Waals surface area contributed by atoms with Crippen molar-refractivity contribution in [3.63, 3.8) is 0 Å². The van der Waals surface area contributed by atoms with Crippen LogP contribution in [0.2, 0.25) is 0 Å². The third-order valence-corrected chi connectivity index (χ3v) is 4.18.